The van der Waals surface area contributed by atoms with Crippen molar-refractivity contribution in [3.8, 4) is 0 Å². The summed E-state index contributed by atoms with van der Waals surface area (Å²) in [5.74, 6) is 0.168. The molecule has 1 aromatic heterocycles. The molecule has 1 amide bonds. The minimum absolute atomic E-state index is 0.168. The van der Waals surface area contributed by atoms with Gasteiger partial charge in [-0.3, -0.25) is 9.69 Å². The number of hydrogen-bond donors (Lipinski definition) is 1. The molecular weight excluding hydrogens is 268 g/mol. The Labute approximate surface area is 124 Å². The van der Waals surface area contributed by atoms with Crippen LogP contribution in [0.4, 0.5) is 0 Å². The van der Waals surface area contributed by atoms with Crippen molar-refractivity contribution in [2.75, 3.05) is 13.1 Å². The van der Waals surface area contributed by atoms with E-state index in [1.54, 1.807) is 11.3 Å². The Bertz CT molecular complexity index is 503. The fraction of sp³-hybridized carbons (Fsp3) is 0.688. The van der Waals surface area contributed by atoms with Crippen LogP contribution in [0.25, 0.3) is 0 Å². The number of nitrogens with one attached hydrogen (secondary N) is 1. The summed E-state index contributed by atoms with van der Waals surface area (Å²) in [5.41, 5.74) is 1.42. The SMILES string of the molecule is O=C(N[C@H]1CCN2CCCC[C@H]12)c1cc2c(s1)CCC2. The zero-order chi connectivity index (χ0) is 13.5. The van der Waals surface area contributed by atoms with Gasteiger partial charge < -0.3 is 5.32 Å². The highest BCUT2D eigenvalue weighted by Gasteiger charge is 2.36. The van der Waals surface area contributed by atoms with E-state index in [9.17, 15) is 4.79 Å². The van der Waals surface area contributed by atoms with Crippen molar-refractivity contribution >= 4 is 17.2 Å². The van der Waals surface area contributed by atoms with Gasteiger partial charge in [0.1, 0.15) is 0 Å². The Morgan fingerprint density at radius 2 is 2.15 bits per heavy atom. The Morgan fingerprint density at radius 3 is 3.05 bits per heavy atom. The van der Waals surface area contributed by atoms with Crippen molar-refractivity contribution < 1.29 is 4.79 Å². The van der Waals surface area contributed by atoms with E-state index in [1.165, 1.54) is 55.5 Å². The third-order valence-electron chi connectivity index (χ3n) is 5.14. The normalized spacial score (nSPS) is 29.2. The molecule has 3 heterocycles. The predicted octanol–water partition coefficient (Wildman–Crippen LogP) is 2.59. The number of fused-ring (bicyclic) bond motifs is 2. The summed E-state index contributed by atoms with van der Waals surface area (Å²) in [6, 6.07) is 3.11. The van der Waals surface area contributed by atoms with Crippen LogP contribution in [0.15, 0.2) is 6.07 Å². The van der Waals surface area contributed by atoms with Gasteiger partial charge in [-0.15, -0.1) is 11.3 Å². The molecule has 108 valence electrons. The summed E-state index contributed by atoms with van der Waals surface area (Å²) in [6.07, 6.45) is 8.64. The first-order valence-corrected chi connectivity index (χ1v) is 8.79. The molecule has 0 saturated carbocycles. The molecule has 2 atom stereocenters. The molecule has 1 aromatic rings. The van der Waals surface area contributed by atoms with Gasteiger partial charge in [0.05, 0.1) is 4.88 Å². The molecule has 1 aliphatic carbocycles. The van der Waals surface area contributed by atoms with Crippen molar-refractivity contribution in [3.63, 3.8) is 0 Å². The number of aryl methyl sites for hydroxylation is 2. The minimum Gasteiger partial charge on any atom is -0.347 e. The smallest absolute Gasteiger partial charge is 0.261 e. The van der Waals surface area contributed by atoms with E-state index < -0.39 is 0 Å². The maximum atomic E-state index is 12.5. The molecule has 0 radical (unpaired) electrons. The highest BCUT2D eigenvalue weighted by atomic mass is 32.1. The number of hydrogen-bond acceptors (Lipinski definition) is 3. The number of piperidine rings is 1. The maximum absolute atomic E-state index is 12.5. The third-order valence-corrected chi connectivity index (χ3v) is 6.38. The van der Waals surface area contributed by atoms with Crippen LogP contribution in [0.1, 0.15) is 52.2 Å². The molecular formula is C16H22N2OS. The first kappa shape index (κ1) is 12.8. The van der Waals surface area contributed by atoms with Crippen LogP contribution in [-0.2, 0) is 12.8 Å². The van der Waals surface area contributed by atoms with E-state index in [2.05, 4.69) is 16.3 Å². The Hall–Kier alpha value is -0.870. The molecule has 3 nitrogen and oxygen atoms in total. The molecule has 4 rings (SSSR count). The van der Waals surface area contributed by atoms with Crippen molar-refractivity contribution in [1.82, 2.24) is 10.2 Å². The summed E-state index contributed by atoms with van der Waals surface area (Å²) < 4.78 is 0. The predicted molar refractivity (Wildman–Crippen MR) is 81.4 cm³/mol. The zero-order valence-electron chi connectivity index (χ0n) is 11.9. The van der Waals surface area contributed by atoms with Crippen LogP contribution >= 0.6 is 11.3 Å². The van der Waals surface area contributed by atoms with Crippen LogP contribution in [0.3, 0.4) is 0 Å². The molecule has 1 N–H and O–H groups in total. The Kier molecular flexibility index (Phi) is 3.31. The van der Waals surface area contributed by atoms with Gasteiger partial charge in [-0.25, -0.2) is 0 Å². The standard InChI is InChI=1S/C16H22N2OS/c19-16(15-10-11-4-3-6-14(11)20-15)17-12-7-9-18-8-2-1-5-13(12)18/h10,12-13H,1-9H2,(H,17,19)/t12-,13+/m0/s1. The van der Waals surface area contributed by atoms with E-state index in [4.69, 9.17) is 0 Å². The largest absolute Gasteiger partial charge is 0.347 e. The first-order valence-electron chi connectivity index (χ1n) is 7.98. The average Bonchev–Trinajstić information content (AvgIpc) is 3.12. The molecule has 4 heteroatoms. The van der Waals surface area contributed by atoms with E-state index in [0.717, 1.165) is 17.8 Å². The lowest BCUT2D eigenvalue weighted by Gasteiger charge is -2.32. The van der Waals surface area contributed by atoms with Crippen molar-refractivity contribution in [2.45, 2.75) is 57.0 Å². The molecule has 20 heavy (non-hydrogen) atoms. The number of amides is 1. The number of rotatable bonds is 2. The lowest BCUT2D eigenvalue weighted by Crippen LogP contribution is -2.46. The summed E-state index contributed by atoms with van der Waals surface area (Å²) >= 11 is 1.72. The lowest BCUT2D eigenvalue weighted by atomic mass is 9.99. The molecule has 0 aromatic carbocycles. The third kappa shape index (κ3) is 2.19. The van der Waals surface area contributed by atoms with Gasteiger partial charge in [0.25, 0.3) is 5.91 Å². The molecule has 2 fully saturated rings. The van der Waals surface area contributed by atoms with Crippen LogP contribution in [0.2, 0.25) is 0 Å². The van der Waals surface area contributed by atoms with Gasteiger partial charge in [0, 0.05) is 23.5 Å². The fourth-order valence-electron chi connectivity index (χ4n) is 4.10. The zero-order valence-corrected chi connectivity index (χ0v) is 12.7. The molecule has 0 spiro atoms. The number of nitrogens with zero attached hydrogens (tertiary/aromatic N) is 1. The van der Waals surface area contributed by atoms with E-state index >= 15 is 0 Å². The number of thiophene rings is 1. The van der Waals surface area contributed by atoms with Gasteiger partial charge in [-0.1, -0.05) is 6.42 Å². The second kappa shape index (κ2) is 5.15. The van der Waals surface area contributed by atoms with E-state index in [1.807, 2.05) is 0 Å². The summed E-state index contributed by atoms with van der Waals surface area (Å²) in [6.45, 7) is 2.39. The number of carbonyl (C=O) groups is 1. The minimum atomic E-state index is 0.168. The van der Waals surface area contributed by atoms with Crippen LogP contribution in [0.5, 0.6) is 0 Å². The topological polar surface area (TPSA) is 32.3 Å². The van der Waals surface area contributed by atoms with Gasteiger partial charge in [-0.05, 0) is 56.7 Å². The highest BCUT2D eigenvalue weighted by molar-refractivity contribution is 7.14. The van der Waals surface area contributed by atoms with Gasteiger partial charge >= 0.3 is 0 Å². The van der Waals surface area contributed by atoms with Gasteiger partial charge in [0.2, 0.25) is 0 Å². The Morgan fingerprint density at radius 1 is 1.20 bits per heavy atom. The van der Waals surface area contributed by atoms with Crippen LogP contribution < -0.4 is 5.32 Å². The first-order chi connectivity index (χ1) is 9.81. The average molecular weight is 290 g/mol. The van der Waals surface area contributed by atoms with Crippen LogP contribution in [0, 0.1) is 0 Å². The lowest BCUT2D eigenvalue weighted by molar-refractivity contribution is 0.0919. The fourth-order valence-corrected chi connectivity index (χ4v) is 5.25. The Balaban J connectivity index is 1.44. The molecule has 2 saturated heterocycles. The molecule has 2 aliphatic heterocycles. The van der Waals surface area contributed by atoms with Crippen molar-refractivity contribution in [1.29, 1.82) is 0 Å². The maximum Gasteiger partial charge on any atom is 0.261 e. The van der Waals surface area contributed by atoms with E-state index in [-0.39, 0.29) is 5.91 Å². The molecule has 0 bridgehead atoms. The molecule has 3 aliphatic rings. The molecule has 0 unspecified atom stereocenters. The highest BCUT2D eigenvalue weighted by Crippen LogP contribution is 2.31. The second-order valence-electron chi connectivity index (χ2n) is 6.38. The van der Waals surface area contributed by atoms with E-state index in [0.29, 0.717) is 12.1 Å². The second-order valence-corrected chi connectivity index (χ2v) is 7.52. The quantitative estimate of drug-likeness (QED) is 0.908. The van der Waals surface area contributed by atoms with Crippen LogP contribution in [-0.4, -0.2) is 36.0 Å². The summed E-state index contributed by atoms with van der Waals surface area (Å²) in [5, 5.41) is 3.31. The van der Waals surface area contributed by atoms with Crippen molar-refractivity contribution in [2.24, 2.45) is 0 Å². The van der Waals surface area contributed by atoms with Gasteiger partial charge in [0.15, 0.2) is 0 Å². The summed E-state index contributed by atoms with van der Waals surface area (Å²) in [4.78, 5) is 17.4. The number of carbonyl (C=O) groups excluding carboxylic acids is 1. The van der Waals surface area contributed by atoms with Crippen molar-refractivity contribution in [3.05, 3.63) is 21.4 Å². The summed E-state index contributed by atoms with van der Waals surface area (Å²) in [7, 11) is 0. The monoisotopic (exact) mass is 290 g/mol. The van der Waals surface area contributed by atoms with Gasteiger partial charge in [-0.2, -0.15) is 0 Å².